The number of anilines is 1. The van der Waals surface area contributed by atoms with Crippen molar-refractivity contribution in [1.29, 1.82) is 0 Å². The fourth-order valence-electron chi connectivity index (χ4n) is 4.86. The number of carbonyl (C=O) groups excluding carboxylic acids is 2. The smallest absolute Gasteiger partial charge is 0.264 e. The van der Waals surface area contributed by atoms with Crippen LogP contribution in [0.4, 0.5) is 5.69 Å². The summed E-state index contributed by atoms with van der Waals surface area (Å²) in [6.07, 6.45) is 0.191. The molecule has 46 heavy (non-hydrogen) atoms. The Bertz CT molecular complexity index is 1770. The average Bonchev–Trinajstić information content (AvgIpc) is 3.01. The van der Waals surface area contributed by atoms with Crippen LogP contribution in [0.15, 0.2) is 102 Å². The lowest BCUT2D eigenvalue weighted by molar-refractivity contribution is -0.140. The van der Waals surface area contributed by atoms with Gasteiger partial charge < -0.3 is 10.2 Å². The summed E-state index contributed by atoms with van der Waals surface area (Å²) >= 11 is 18.8. The highest BCUT2D eigenvalue weighted by Gasteiger charge is 2.35. The van der Waals surface area contributed by atoms with Crippen molar-refractivity contribution in [3.63, 3.8) is 0 Å². The molecule has 11 heteroatoms. The summed E-state index contributed by atoms with van der Waals surface area (Å²) in [7, 11) is -4.25. The van der Waals surface area contributed by atoms with Crippen molar-refractivity contribution < 1.29 is 18.0 Å². The zero-order valence-corrected chi connectivity index (χ0v) is 28.9. The van der Waals surface area contributed by atoms with E-state index < -0.39 is 28.5 Å². The van der Waals surface area contributed by atoms with Crippen molar-refractivity contribution in [2.24, 2.45) is 5.92 Å². The molecule has 0 unspecified atom stereocenters. The second-order valence-corrected chi connectivity index (χ2v) is 14.5. The summed E-state index contributed by atoms with van der Waals surface area (Å²) in [5.74, 6) is -0.790. The highest BCUT2D eigenvalue weighted by molar-refractivity contribution is 7.92. The molecule has 4 rings (SSSR count). The fourth-order valence-corrected chi connectivity index (χ4v) is 6.86. The Morgan fingerprint density at radius 1 is 0.826 bits per heavy atom. The van der Waals surface area contributed by atoms with Crippen LogP contribution in [0.1, 0.15) is 30.5 Å². The van der Waals surface area contributed by atoms with Crippen molar-refractivity contribution in [3.8, 4) is 0 Å². The maximum atomic E-state index is 14.6. The van der Waals surface area contributed by atoms with E-state index in [4.69, 9.17) is 34.8 Å². The zero-order chi connectivity index (χ0) is 33.4. The number of nitrogens with zero attached hydrogens (tertiary/aromatic N) is 2. The summed E-state index contributed by atoms with van der Waals surface area (Å²) in [6.45, 7) is 5.54. The summed E-state index contributed by atoms with van der Waals surface area (Å²) in [5, 5.41) is 4.08. The van der Waals surface area contributed by atoms with Gasteiger partial charge in [0.1, 0.15) is 12.6 Å². The third-order valence-electron chi connectivity index (χ3n) is 7.28. The van der Waals surface area contributed by atoms with E-state index in [1.807, 2.05) is 57.2 Å². The molecule has 0 bridgehead atoms. The van der Waals surface area contributed by atoms with E-state index in [0.717, 1.165) is 15.4 Å². The second kappa shape index (κ2) is 15.8. The maximum absolute atomic E-state index is 14.6. The molecule has 0 aliphatic rings. The van der Waals surface area contributed by atoms with Gasteiger partial charge in [0, 0.05) is 34.6 Å². The third kappa shape index (κ3) is 9.26. The first-order valence-corrected chi connectivity index (χ1v) is 17.3. The van der Waals surface area contributed by atoms with Gasteiger partial charge in [0.25, 0.3) is 10.0 Å². The van der Waals surface area contributed by atoms with E-state index in [2.05, 4.69) is 5.32 Å². The lowest BCUT2D eigenvalue weighted by Crippen LogP contribution is -2.53. The van der Waals surface area contributed by atoms with E-state index >= 15 is 0 Å². The molecule has 242 valence electrons. The van der Waals surface area contributed by atoms with Crippen LogP contribution >= 0.6 is 34.8 Å². The van der Waals surface area contributed by atoms with Crippen LogP contribution in [0, 0.1) is 12.8 Å². The SMILES string of the molecule is Cc1cccc(N(CC(=O)N(Cc2ccc(Cl)cc2Cl)[C@@H](Cc2ccccc2)C(=O)NCC(C)C)S(=O)(=O)c2ccc(Cl)cc2)c1. The molecule has 0 aliphatic carbocycles. The molecule has 0 aliphatic heterocycles. The van der Waals surface area contributed by atoms with Crippen molar-refractivity contribution in [1.82, 2.24) is 10.2 Å². The van der Waals surface area contributed by atoms with E-state index in [1.54, 1.807) is 36.4 Å². The number of aryl methyl sites for hydroxylation is 1. The molecule has 0 fully saturated rings. The van der Waals surface area contributed by atoms with Gasteiger partial charge in [-0.05, 0) is 78.1 Å². The van der Waals surface area contributed by atoms with E-state index in [-0.39, 0.29) is 29.7 Å². The largest absolute Gasteiger partial charge is 0.354 e. The molecule has 0 spiro atoms. The molecule has 7 nitrogen and oxygen atoms in total. The van der Waals surface area contributed by atoms with Crippen LogP contribution in [0.5, 0.6) is 0 Å². The van der Waals surface area contributed by atoms with Crippen LogP contribution in [0.3, 0.4) is 0 Å². The third-order valence-corrected chi connectivity index (χ3v) is 9.91. The maximum Gasteiger partial charge on any atom is 0.264 e. The molecule has 0 saturated heterocycles. The van der Waals surface area contributed by atoms with E-state index in [0.29, 0.717) is 32.9 Å². The minimum atomic E-state index is -4.25. The minimum absolute atomic E-state index is 0.0333. The number of halogens is 3. The van der Waals surface area contributed by atoms with Crippen molar-refractivity contribution in [2.45, 2.75) is 44.7 Å². The van der Waals surface area contributed by atoms with Crippen LogP contribution in [0.2, 0.25) is 15.1 Å². The number of hydrogen-bond donors (Lipinski definition) is 1. The molecular formula is C35H36Cl3N3O4S. The number of sulfonamides is 1. The minimum Gasteiger partial charge on any atom is -0.354 e. The molecule has 0 radical (unpaired) electrons. The molecule has 0 aromatic heterocycles. The lowest BCUT2D eigenvalue weighted by Gasteiger charge is -2.34. The van der Waals surface area contributed by atoms with Crippen molar-refractivity contribution in [3.05, 3.63) is 129 Å². The Morgan fingerprint density at radius 2 is 1.50 bits per heavy atom. The number of amides is 2. The summed E-state index contributed by atoms with van der Waals surface area (Å²) < 4.78 is 29.3. The van der Waals surface area contributed by atoms with Gasteiger partial charge in [0.05, 0.1) is 10.6 Å². The van der Waals surface area contributed by atoms with Gasteiger partial charge >= 0.3 is 0 Å². The Morgan fingerprint density at radius 3 is 2.13 bits per heavy atom. The standard InChI is InChI=1S/C35H36Cl3N3O4S/c1-24(2)21-39-35(43)33(19-26-9-5-4-6-10-26)40(22-27-12-13-29(37)20-32(27)38)34(42)23-41(30-11-7-8-25(3)18-30)46(44,45)31-16-14-28(36)15-17-31/h4-18,20,24,33H,19,21-23H2,1-3H3,(H,39,43)/t33-/m0/s1. The predicted octanol–water partition coefficient (Wildman–Crippen LogP) is 7.56. The highest BCUT2D eigenvalue weighted by atomic mass is 35.5. The molecule has 4 aromatic carbocycles. The summed E-state index contributed by atoms with van der Waals surface area (Å²) in [6, 6.07) is 25.9. The van der Waals surface area contributed by atoms with Crippen molar-refractivity contribution in [2.75, 3.05) is 17.4 Å². The van der Waals surface area contributed by atoms with Crippen LogP contribution in [-0.4, -0.2) is 44.3 Å². The molecule has 2 amide bonds. The Balaban J connectivity index is 1.82. The fraction of sp³-hybridized carbons (Fsp3) is 0.257. The number of nitrogens with one attached hydrogen (secondary N) is 1. The first-order chi connectivity index (χ1) is 21.8. The van der Waals surface area contributed by atoms with Gasteiger partial charge in [-0.15, -0.1) is 0 Å². The number of rotatable bonds is 13. The first-order valence-electron chi connectivity index (χ1n) is 14.7. The zero-order valence-electron chi connectivity index (χ0n) is 25.8. The highest BCUT2D eigenvalue weighted by Crippen LogP contribution is 2.28. The Labute approximate surface area is 286 Å². The van der Waals surface area contributed by atoms with Gasteiger partial charge in [-0.3, -0.25) is 13.9 Å². The normalized spacial score (nSPS) is 12.1. The average molecular weight is 701 g/mol. The van der Waals surface area contributed by atoms with E-state index in [1.165, 1.54) is 29.2 Å². The summed E-state index contributed by atoms with van der Waals surface area (Å²) in [5.41, 5.74) is 2.49. The van der Waals surface area contributed by atoms with Gasteiger partial charge in [0.2, 0.25) is 11.8 Å². The van der Waals surface area contributed by atoms with Crippen LogP contribution in [-0.2, 0) is 32.6 Å². The quantitative estimate of drug-likeness (QED) is 0.156. The van der Waals surface area contributed by atoms with Gasteiger partial charge in [0.15, 0.2) is 0 Å². The Hall–Kier alpha value is -3.56. The van der Waals surface area contributed by atoms with Crippen molar-refractivity contribution >= 4 is 62.3 Å². The van der Waals surface area contributed by atoms with Gasteiger partial charge in [-0.25, -0.2) is 8.42 Å². The van der Waals surface area contributed by atoms with Crippen LogP contribution in [0.25, 0.3) is 0 Å². The first kappa shape index (κ1) is 35.3. The molecular weight excluding hydrogens is 665 g/mol. The molecule has 0 heterocycles. The topological polar surface area (TPSA) is 86.8 Å². The predicted molar refractivity (Wildman–Crippen MR) is 186 cm³/mol. The molecule has 1 atom stereocenters. The lowest BCUT2D eigenvalue weighted by atomic mass is 10.0. The molecule has 4 aromatic rings. The molecule has 1 N–H and O–H groups in total. The van der Waals surface area contributed by atoms with Gasteiger partial charge in [-0.1, -0.05) is 97.2 Å². The van der Waals surface area contributed by atoms with Crippen LogP contribution < -0.4 is 9.62 Å². The van der Waals surface area contributed by atoms with E-state index in [9.17, 15) is 18.0 Å². The monoisotopic (exact) mass is 699 g/mol. The number of hydrogen-bond acceptors (Lipinski definition) is 4. The second-order valence-electron chi connectivity index (χ2n) is 11.4. The number of carbonyl (C=O) groups is 2. The van der Waals surface area contributed by atoms with Gasteiger partial charge in [-0.2, -0.15) is 0 Å². The Kier molecular flexibility index (Phi) is 12.1. The summed E-state index contributed by atoms with van der Waals surface area (Å²) in [4.78, 5) is 29.8. The number of benzene rings is 4. The molecule has 0 saturated carbocycles.